The molecular weight excluding hydrogens is 200 g/mol. The fraction of sp³-hybridized carbons (Fsp3) is 0.182. The van der Waals surface area contributed by atoms with Crippen molar-refractivity contribution < 1.29 is 9.90 Å². The smallest absolute Gasteiger partial charge is 0.307 e. The van der Waals surface area contributed by atoms with Crippen molar-refractivity contribution in [2.75, 3.05) is 0 Å². The van der Waals surface area contributed by atoms with Gasteiger partial charge < -0.3 is 5.11 Å². The highest BCUT2D eigenvalue weighted by Gasteiger charge is 1.97. The van der Waals surface area contributed by atoms with E-state index in [1.54, 1.807) is 0 Å². The maximum Gasteiger partial charge on any atom is 0.307 e. The molecule has 1 aromatic carbocycles. The lowest BCUT2D eigenvalue weighted by Crippen LogP contribution is -1.94. The number of aliphatic carboxylic acids is 1. The summed E-state index contributed by atoms with van der Waals surface area (Å²) < 4.78 is 0. The van der Waals surface area contributed by atoms with E-state index in [2.05, 4.69) is 0 Å². The van der Waals surface area contributed by atoms with Gasteiger partial charge in [0.15, 0.2) is 0 Å². The van der Waals surface area contributed by atoms with Gasteiger partial charge in [0, 0.05) is 0 Å². The largest absolute Gasteiger partial charge is 0.481 e. The Morgan fingerprint density at radius 3 is 2.43 bits per heavy atom. The van der Waals surface area contributed by atoms with Gasteiger partial charge >= 0.3 is 5.97 Å². The number of carbonyl (C=O) groups is 1. The van der Waals surface area contributed by atoms with Crippen molar-refractivity contribution in [1.29, 1.82) is 0 Å². The lowest BCUT2D eigenvalue weighted by atomic mass is 10.1. The number of carboxylic acids is 1. The van der Waals surface area contributed by atoms with E-state index in [0.29, 0.717) is 0 Å². The number of halogens is 1. The molecule has 0 saturated heterocycles. The minimum atomic E-state index is -0.787. The molecule has 1 N–H and O–H groups in total. The van der Waals surface area contributed by atoms with Gasteiger partial charge in [-0.05, 0) is 12.5 Å². The van der Waals surface area contributed by atoms with E-state index in [0.717, 1.165) is 11.1 Å². The maximum absolute atomic E-state index is 10.4. The van der Waals surface area contributed by atoms with Crippen molar-refractivity contribution >= 4 is 24.5 Å². The van der Waals surface area contributed by atoms with E-state index >= 15 is 0 Å². The molecule has 2 nitrogen and oxygen atoms in total. The van der Waals surface area contributed by atoms with Gasteiger partial charge in [-0.3, -0.25) is 4.79 Å². The molecule has 3 heteroatoms. The number of benzene rings is 1. The second kappa shape index (κ2) is 6.22. The molecule has 14 heavy (non-hydrogen) atoms. The Balaban J connectivity index is 0.00000169. The van der Waals surface area contributed by atoms with Crippen molar-refractivity contribution in [3.8, 4) is 0 Å². The summed E-state index contributed by atoms with van der Waals surface area (Å²) in [7, 11) is 0. The molecule has 0 bridgehead atoms. The van der Waals surface area contributed by atoms with Crippen LogP contribution in [-0.2, 0) is 4.79 Å². The normalized spacial score (nSPS) is 10.5. The van der Waals surface area contributed by atoms with Crippen LogP contribution >= 0.6 is 12.4 Å². The van der Waals surface area contributed by atoms with Crippen LogP contribution in [0, 0.1) is 0 Å². The average molecular weight is 213 g/mol. The zero-order valence-corrected chi connectivity index (χ0v) is 8.75. The Morgan fingerprint density at radius 2 is 1.93 bits per heavy atom. The van der Waals surface area contributed by atoms with Gasteiger partial charge in [0.1, 0.15) is 0 Å². The third-order valence-corrected chi connectivity index (χ3v) is 1.64. The Kier molecular flexibility index (Phi) is 5.65. The highest BCUT2D eigenvalue weighted by molar-refractivity contribution is 5.85. The van der Waals surface area contributed by atoms with Crippen LogP contribution in [0.1, 0.15) is 18.9 Å². The molecule has 0 aliphatic heterocycles. The Labute approximate surface area is 89.7 Å². The third kappa shape index (κ3) is 4.67. The SMILES string of the molecule is CC(=Cc1ccccc1)CC(=O)O.Cl. The van der Waals surface area contributed by atoms with E-state index in [1.807, 2.05) is 43.3 Å². The molecule has 0 aliphatic carbocycles. The van der Waals surface area contributed by atoms with Crippen molar-refractivity contribution in [1.82, 2.24) is 0 Å². The molecular formula is C11H13ClO2. The summed E-state index contributed by atoms with van der Waals surface area (Å²) in [6.45, 7) is 1.82. The molecule has 0 atom stereocenters. The topological polar surface area (TPSA) is 37.3 Å². The van der Waals surface area contributed by atoms with E-state index < -0.39 is 5.97 Å². The quantitative estimate of drug-likeness (QED) is 0.837. The van der Waals surface area contributed by atoms with Crippen LogP contribution in [0.3, 0.4) is 0 Å². The van der Waals surface area contributed by atoms with E-state index in [-0.39, 0.29) is 18.8 Å². The molecule has 1 aromatic rings. The van der Waals surface area contributed by atoms with Crippen LogP contribution in [0.5, 0.6) is 0 Å². The summed E-state index contributed by atoms with van der Waals surface area (Å²) >= 11 is 0. The lowest BCUT2D eigenvalue weighted by molar-refractivity contribution is -0.136. The van der Waals surface area contributed by atoms with E-state index in [4.69, 9.17) is 5.11 Å². The monoisotopic (exact) mass is 212 g/mol. The third-order valence-electron chi connectivity index (χ3n) is 1.64. The Bertz CT molecular complexity index is 317. The minimum Gasteiger partial charge on any atom is -0.481 e. The van der Waals surface area contributed by atoms with Gasteiger partial charge in [-0.2, -0.15) is 0 Å². The summed E-state index contributed by atoms with van der Waals surface area (Å²) in [6, 6.07) is 9.69. The van der Waals surface area contributed by atoms with Gasteiger partial charge in [0.05, 0.1) is 6.42 Å². The standard InChI is InChI=1S/C11H12O2.ClH/c1-9(8-11(12)13)7-10-5-3-2-4-6-10;/h2-7H,8H2,1H3,(H,12,13);1H. The predicted molar refractivity (Wildman–Crippen MR) is 59.6 cm³/mol. The van der Waals surface area contributed by atoms with Gasteiger partial charge in [0.25, 0.3) is 0 Å². The molecule has 0 fully saturated rings. The zero-order valence-electron chi connectivity index (χ0n) is 7.93. The minimum absolute atomic E-state index is 0. The molecule has 0 amide bonds. The molecule has 0 aliphatic rings. The Morgan fingerprint density at radius 1 is 1.36 bits per heavy atom. The number of carboxylic acid groups (broad SMARTS) is 1. The summed E-state index contributed by atoms with van der Waals surface area (Å²) in [5, 5.41) is 8.52. The van der Waals surface area contributed by atoms with Crippen LogP contribution in [0.15, 0.2) is 35.9 Å². The van der Waals surface area contributed by atoms with Crippen molar-refractivity contribution in [3.05, 3.63) is 41.5 Å². The zero-order chi connectivity index (χ0) is 9.68. The molecule has 0 heterocycles. The fourth-order valence-corrected chi connectivity index (χ4v) is 1.12. The molecule has 76 valence electrons. The van der Waals surface area contributed by atoms with Crippen LogP contribution < -0.4 is 0 Å². The second-order valence-electron chi connectivity index (χ2n) is 2.97. The summed E-state index contributed by atoms with van der Waals surface area (Å²) in [6.07, 6.45) is 1.99. The van der Waals surface area contributed by atoms with Crippen molar-refractivity contribution in [2.24, 2.45) is 0 Å². The number of rotatable bonds is 3. The second-order valence-corrected chi connectivity index (χ2v) is 2.97. The first-order valence-electron chi connectivity index (χ1n) is 4.12. The number of hydrogen-bond donors (Lipinski definition) is 1. The van der Waals surface area contributed by atoms with E-state index in [1.165, 1.54) is 0 Å². The molecule has 0 unspecified atom stereocenters. The van der Waals surface area contributed by atoms with Gasteiger partial charge in [-0.1, -0.05) is 42.0 Å². The first kappa shape index (κ1) is 12.7. The molecule has 0 spiro atoms. The first-order valence-corrected chi connectivity index (χ1v) is 4.12. The highest BCUT2D eigenvalue weighted by atomic mass is 35.5. The average Bonchev–Trinajstić information content (AvgIpc) is 2.04. The molecule has 0 saturated carbocycles. The van der Waals surface area contributed by atoms with Crippen molar-refractivity contribution in [3.63, 3.8) is 0 Å². The first-order chi connectivity index (χ1) is 6.18. The Hall–Kier alpha value is -1.28. The lowest BCUT2D eigenvalue weighted by Gasteiger charge is -1.96. The van der Waals surface area contributed by atoms with Crippen molar-refractivity contribution in [2.45, 2.75) is 13.3 Å². The summed E-state index contributed by atoms with van der Waals surface area (Å²) in [5.74, 6) is -0.787. The van der Waals surface area contributed by atoms with Crippen LogP contribution in [0.4, 0.5) is 0 Å². The van der Waals surface area contributed by atoms with Gasteiger partial charge in [0.2, 0.25) is 0 Å². The molecule has 1 rings (SSSR count). The molecule has 0 radical (unpaired) electrons. The van der Waals surface area contributed by atoms with E-state index in [9.17, 15) is 4.79 Å². The van der Waals surface area contributed by atoms with Crippen LogP contribution in [0.2, 0.25) is 0 Å². The highest BCUT2D eigenvalue weighted by Crippen LogP contribution is 2.08. The predicted octanol–water partition coefficient (Wildman–Crippen LogP) is 2.99. The summed E-state index contributed by atoms with van der Waals surface area (Å²) in [4.78, 5) is 10.4. The van der Waals surface area contributed by atoms with Gasteiger partial charge in [-0.25, -0.2) is 0 Å². The van der Waals surface area contributed by atoms with Crippen LogP contribution in [-0.4, -0.2) is 11.1 Å². The van der Waals surface area contributed by atoms with Gasteiger partial charge in [-0.15, -0.1) is 12.4 Å². The maximum atomic E-state index is 10.4. The number of hydrogen-bond acceptors (Lipinski definition) is 1. The fourth-order valence-electron chi connectivity index (χ4n) is 1.12. The van der Waals surface area contributed by atoms with Crippen LogP contribution in [0.25, 0.3) is 6.08 Å². The summed E-state index contributed by atoms with van der Waals surface area (Å²) in [5.41, 5.74) is 1.90. The molecule has 0 aromatic heterocycles.